The second-order valence-electron chi connectivity index (χ2n) is 3.99. The van der Waals surface area contributed by atoms with Crippen molar-refractivity contribution in [1.29, 1.82) is 0 Å². The lowest BCUT2D eigenvalue weighted by Crippen LogP contribution is -2.43. The van der Waals surface area contributed by atoms with Gasteiger partial charge in [0.05, 0.1) is 4.90 Å². The van der Waals surface area contributed by atoms with E-state index in [2.05, 4.69) is 0 Å². The fourth-order valence-electron chi connectivity index (χ4n) is 1.26. The molecule has 19 heavy (non-hydrogen) atoms. The SMILES string of the molecule is CCC(=O)NC(=O)N(C)S(=O)(=O)c1ccc(C)cc1. The molecule has 0 unspecified atom stereocenters. The van der Waals surface area contributed by atoms with Gasteiger partial charge in [-0.25, -0.2) is 17.5 Å². The number of nitrogens with zero attached hydrogens (tertiary/aromatic N) is 1. The topological polar surface area (TPSA) is 83.6 Å². The summed E-state index contributed by atoms with van der Waals surface area (Å²) in [7, 11) is -2.84. The summed E-state index contributed by atoms with van der Waals surface area (Å²) in [4.78, 5) is 22.7. The third-order valence-electron chi connectivity index (χ3n) is 2.53. The predicted molar refractivity (Wildman–Crippen MR) is 70.0 cm³/mol. The Balaban J connectivity index is 2.97. The Labute approximate surface area is 112 Å². The molecule has 7 heteroatoms. The van der Waals surface area contributed by atoms with Gasteiger partial charge < -0.3 is 0 Å². The number of carbonyl (C=O) groups excluding carboxylic acids is 2. The van der Waals surface area contributed by atoms with Crippen LogP contribution in [0.5, 0.6) is 0 Å². The molecular weight excluding hydrogens is 268 g/mol. The molecule has 0 aliphatic rings. The molecule has 1 N–H and O–H groups in total. The first kappa shape index (κ1) is 15.2. The first-order valence-electron chi connectivity index (χ1n) is 5.68. The summed E-state index contributed by atoms with van der Waals surface area (Å²) in [6.45, 7) is 3.39. The van der Waals surface area contributed by atoms with Crippen LogP contribution in [0.2, 0.25) is 0 Å². The maximum absolute atomic E-state index is 12.1. The van der Waals surface area contributed by atoms with Crippen LogP contribution in [0.15, 0.2) is 29.2 Å². The van der Waals surface area contributed by atoms with Gasteiger partial charge >= 0.3 is 6.03 Å². The van der Waals surface area contributed by atoms with E-state index in [0.29, 0.717) is 4.31 Å². The molecule has 0 atom stereocenters. The fraction of sp³-hybridized carbons (Fsp3) is 0.333. The van der Waals surface area contributed by atoms with Gasteiger partial charge in [0, 0.05) is 13.5 Å². The van der Waals surface area contributed by atoms with Gasteiger partial charge in [-0.2, -0.15) is 0 Å². The van der Waals surface area contributed by atoms with E-state index in [1.807, 2.05) is 12.2 Å². The Hall–Kier alpha value is -1.89. The van der Waals surface area contributed by atoms with Gasteiger partial charge in [-0.3, -0.25) is 10.1 Å². The summed E-state index contributed by atoms with van der Waals surface area (Å²) in [5.74, 6) is -0.532. The minimum Gasteiger partial charge on any atom is -0.277 e. The molecule has 1 rings (SSSR count). The Kier molecular flexibility index (Phi) is 4.66. The summed E-state index contributed by atoms with van der Waals surface area (Å²) in [5.41, 5.74) is 0.909. The third-order valence-corrected chi connectivity index (χ3v) is 4.29. The predicted octanol–water partition coefficient (Wildman–Crippen LogP) is 1.26. The number of aryl methyl sites for hydroxylation is 1. The summed E-state index contributed by atoms with van der Waals surface area (Å²) in [6, 6.07) is 5.13. The summed E-state index contributed by atoms with van der Waals surface area (Å²) < 4.78 is 24.7. The molecule has 0 fully saturated rings. The Bertz CT molecular complexity index is 578. The number of hydrogen-bond donors (Lipinski definition) is 1. The van der Waals surface area contributed by atoms with E-state index in [1.54, 1.807) is 19.1 Å². The van der Waals surface area contributed by atoms with Crippen molar-refractivity contribution in [2.75, 3.05) is 7.05 Å². The van der Waals surface area contributed by atoms with Crippen molar-refractivity contribution in [1.82, 2.24) is 9.62 Å². The van der Waals surface area contributed by atoms with Gasteiger partial charge in [-0.05, 0) is 19.1 Å². The number of imide groups is 1. The lowest BCUT2D eigenvalue weighted by molar-refractivity contribution is -0.119. The quantitative estimate of drug-likeness (QED) is 0.905. The maximum Gasteiger partial charge on any atom is 0.337 e. The van der Waals surface area contributed by atoms with E-state index >= 15 is 0 Å². The minimum absolute atomic E-state index is 0.000280. The summed E-state index contributed by atoms with van der Waals surface area (Å²) >= 11 is 0. The van der Waals surface area contributed by atoms with Gasteiger partial charge in [0.15, 0.2) is 0 Å². The molecule has 0 aromatic heterocycles. The highest BCUT2D eigenvalue weighted by molar-refractivity contribution is 7.89. The fourth-order valence-corrected chi connectivity index (χ4v) is 2.32. The highest BCUT2D eigenvalue weighted by Crippen LogP contribution is 2.14. The number of nitrogens with one attached hydrogen (secondary N) is 1. The average Bonchev–Trinajstić information content (AvgIpc) is 2.38. The van der Waals surface area contributed by atoms with Crippen molar-refractivity contribution in [3.63, 3.8) is 0 Å². The molecule has 3 amide bonds. The van der Waals surface area contributed by atoms with E-state index in [4.69, 9.17) is 0 Å². The van der Waals surface area contributed by atoms with E-state index < -0.39 is 22.0 Å². The van der Waals surface area contributed by atoms with Crippen LogP contribution in [0.3, 0.4) is 0 Å². The van der Waals surface area contributed by atoms with Crippen molar-refractivity contribution in [3.05, 3.63) is 29.8 Å². The molecule has 0 aliphatic heterocycles. The smallest absolute Gasteiger partial charge is 0.277 e. The molecule has 1 aromatic carbocycles. The van der Waals surface area contributed by atoms with Gasteiger partial charge in [0.1, 0.15) is 0 Å². The standard InChI is InChI=1S/C12H16N2O4S/c1-4-11(15)13-12(16)14(3)19(17,18)10-7-5-9(2)6-8-10/h5-8H,4H2,1-3H3,(H,13,15,16). The average molecular weight is 284 g/mol. The summed E-state index contributed by atoms with van der Waals surface area (Å²) in [6.07, 6.45) is 0.101. The van der Waals surface area contributed by atoms with Crippen molar-refractivity contribution >= 4 is 22.0 Å². The van der Waals surface area contributed by atoms with Crippen LogP contribution >= 0.6 is 0 Å². The van der Waals surface area contributed by atoms with Crippen LogP contribution in [0.25, 0.3) is 0 Å². The molecule has 0 saturated heterocycles. The van der Waals surface area contributed by atoms with E-state index in [1.165, 1.54) is 12.1 Å². The molecular formula is C12H16N2O4S. The minimum atomic E-state index is -3.94. The van der Waals surface area contributed by atoms with Crippen molar-refractivity contribution in [2.24, 2.45) is 0 Å². The number of sulfonamides is 1. The van der Waals surface area contributed by atoms with Gasteiger partial charge in [-0.1, -0.05) is 24.6 Å². The molecule has 0 aliphatic carbocycles. The van der Waals surface area contributed by atoms with Gasteiger partial charge in [-0.15, -0.1) is 0 Å². The number of carbonyl (C=O) groups is 2. The summed E-state index contributed by atoms with van der Waals surface area (Å²) in [5, 5.41) is 1.99. The zero-order chi connectivity index (χ0) is 14.6. The first-order chi connectivity index (χ1) is 8.78. The van der Waals surface area contributed by atoms with Crippen molar-refractivity contribution in [3.8, 4) is 0 Å². The zero-order valence-electron chi connectivity index (χ0n) is 11.0. The Morgan fingerprint density at radius 3 is 2.21 bits per heavy atom. The highest BCUT2D eigenvalue weighted by atomic mass is 32.2. The van der Waals surface area contributed by atoms with Crippen molar-refractivity contribution in [2.45, 2.75) is 25.2 Å². The van der Waals surface area contributed by atoms with Crippen molar-refractivity contribution < 1.29 is 18.0 Å². The van der Waals surface area contributed by atoms with Crippen LogP contribution < -0.4 is 5.32 Å². The molecule has 0 heterocycles. The van der Waals surface area contributed by atoms with E-state index in [-0.39, 0.29) is 11.3 Å². The molecule has 1 aromatic rings. The molecule has 0 spiro atoms. The van der Waals surface area contributed by atoms with E-state index in [9.17, 15) is 18.0 Å². The Morgan fingerprint density at radius 2 is 1.74 bits per heavy atom. The lowest BCUT2D eigenvalue weighted by atomic mass is 10.2. The Morgan fingerprint density at radius 1 is 1.21 bits per heavy atom. The van der Waals surface area contributed by atoms with Crippen LogP contribution in [0.4, 0.5) is 4.79 Å². The van der Waals surface area contributed by atoms with Crippen LogP contribution in [0.1, 0.15) is 18.9 Å². The first-order valence-corrected chi connectivity index (χ1v) is 7.12. The molecule has 6 nitrogen and oxygen atoms in total. The molecule has 0 bridgehead atoms. The zero-order valence-corrected chi connectivity index (χ0v) is 11.8. The van der Waals surface area contributed by atoms with Gasteiger partial charge in [0.2, 0.25) is 5.91 Å². The van der Waals surface area contributed by atoms with Crippen LogP contribution in [-0.2, 0) is 14.8 Å². The largest absolute Gasteiger partial charge is 0.337 e. The molecule has 104 valence electrons. The number of hydrogen-bond acceptors (Lipinski definition) is 4. The monoisotopic (exact) mass is 284 g/mol. The van der Waals surface area contributed by atoms with E-state index in [0.717, 1.165) is 12.6 Å². The van der Waals surface area contributed by atoms with Crippen LogP contribution in [-0.4, -0.2) is 31.7 Å². The second-order valence-corrected chi connectivity index (χ2v) is 5.96. The number of benzene rings is 1. The number of rotatable bonds is 3. The lowest BCUT2D eigenvalue weighted by Gasteiger charge is -2.17. The van der Waals surface area contributed by atoms with Crippen LogP contribution in [0, 0.1) is 6.92 Å². The third kappa shape index (κ3) is 3.54. The molecule has 0 radical (unpaired) electrons. The molecule has 0 saturated carbocycles. The van der Waals surface area contributed by atoms with Gasteiger partial charge in [0.25, 0.3) is 10.0 Å². The number of amides is 3. The maximum atomic E-state index is 12.1. The number of urea groups is 1. The second kappa shape index (κ2) is 5.83. The normalized spacial score (nSPS) is 10.9. The highest BCUT2D eigenvalue weighted by Gasteiger charge is 2.26.